The van der Waals surface area contributed by atoms with Gasteiger partial charge in [-0.05, 0) is 55.5 Å². The number of aromatic nitrogens is 2. The number of benzene rings is 2. The SMILES string of the molecule is CC(=O)NCCNc1nc(-c2ccc(Cl)cc2)nc(NCCNC(=O)C(c2ccccc2)C2CCCC2)c1C. The van der Waals surface area contributed by atoms with Crippen LogP contribution >= 0.6 is 11.6 Å². The molecule has 0 saturated heterocycles. The molecule has 39 heavy (non-hydrogen) atoms. The molecule has 4 N–H and O–H groups in total. The van der Waals surface area contributed by atoms with Gasteiger partial charge < -0.3 is 21.3 Å². The molecule has 206 valence electrons. The van der Waals surface area contributed by atoms with Crippen molar-refractivity contribution in [3.05, 3.63) is 70.7 Å². The van der Waals surface area contributed by atoms with Gasteiger partial charge in [-0.3, -0.25) is 9.59 Å². The second-order valence-electron chi connectivity index (χ2n) is 9.94. The van der Waals surface area contributed by atoms with Crippen molar-refractivity contribution < 1.29 is 9.59 Å². The van der Waals surface area contributed by atoms with Gasteiger partial charge in [0.2, 0.25) is 11.8 Å². The monoisotopic (exact) mass is 548 g/mol. The van der Waals surface area contributed by atoms with Crippen molar-refractivity contribution in [2.24, 2.45) is 5.92 Å². The van der Waals surface area contributed by atoms with Crippen molar-refractivity contribution in [1.29, 1.82) is 0 Å². The summed E-state index contributed by atoms with van der Waals surface area (Å²) in [6.07, 6.45) is 4.56. The number of hydrogen-bond acceptors (Lipinski definition) is 6. The third-order valence-electron chi connectivity index (χ3n) is 7.07. The number of nitrogens with zero attached hydrogens (tertiary/aromatic N) is 2. The van der Waals surface area contributed by atoms with E-state index in [0.717, 1.165) is 29.5 Å². The van der Waals surface area contributed by atoms with E-state index < -0.39 is 0 Å². The fraction of sp³-hybridized carbons (Fsp3) is 0.400. The first-order chi connectivity index (χ1) is 18.9. The average molecular weight is 549 g/mol. The van der Waals surface area contributed by atoms with Crippen molar-refractivity contribution in [1.82, 2.24) is 20.6 Å². The van der Waals surface area contributed by atoms with E-state index >= 15 is 0 Å². The second kappa shape index (κ2) is 13.9. The molecule has 1 saturated carbocycles. The van der Waals surface area contributed by atoms with Crippen LogP contribution in [0.15, 0.2) is 54.6 Å². The highest BCUT2D eigenvalue weighted by Gasteiger charge is 2.31. The minimum Gasteiger partial charge on any atom is -0.368 e. The number of hydrogen-bond donors (Lipinski definition) is 4. The zero-order valence-corrected chi connectivity index (χ0v) is 23.4. The Morgan fingerprint density at radius 3 is 2.05 bits per heavy atom. The van der Waals surface area contributed by atoms with E-state index in [9.17, 15) is 9.59 Å². The quantitative estimate of drug-likeness (QED) is 0.233. The summed E-state index contributed by atoms with van der Waals surface area (Å²) < 4.78 is 0. The van der Waals surface area contributed by atoms with Gasteiger partial charge in [0, 0.05) is 49.3 Å². The molecule has 0 aliphatic heterocycles. The Morgan fingerprint density at radius 2 is 1.46 bits per heavy atom. The third kappa shape index (κ3) is 7.93. The summed E-state index contributed by atoms with van der Waals surface area (Å²) in [5, 5.41) is 13.3. The molecule has 1 aliphatic rings. The summed E-state index contributed by atoms with van der Waals surface area (Å²) in [6.45, 7) is 5.42. The normalized spacial score (nSPS) is 14.0. The van der Waals surface area contributed by atoms with Crippen molar-refractivity contribution in [3.8, 4) is 11.4 Å². The topological polar surface area (TPSA) is 108 Å². The number of amides is 2. The maximum absolute atomic E-state index is 13.3. The molecule has 1 heterocycles. The van der Waals surface area contributed by atoms with Crippen molar-refractivity contribution >= 4 is 35.1 Å². The lowest BCUT2D eigenvalue weighted by Crippen LogP contribution is -2.35. The lowest BCUT2D eigenvalue weighted by molar-refractivity contribution is -0.123. The highest BCUT2D eigenvalue weighted by atomic mass is 35.5. The zero-order chi connectivity index (χ0) is 27.6. The van der Waals surface area contributed by atoms with Crippen molar-refractivity contribution in [2.75, 3.05) is 36.8 Å². The standard InChI is InChI=1S/C30H37ClN6O2/c1-20-27(33-17-16-32-21(2)38)36-29(24-12-14-25(31)15-13-24)37-28(20)34-18-19-35-30(39)26(23-10-6-7-11-23)22-8-4-3-5-9-22/h3-5,8-9,12-15,23,26H,6-7,10-11,16-19H2,1-2H3,(H,32,38)(H,35,39)(H2,33,34,36,37). The zero-order valence-electron chi connectivity index (χ0n) is 22.6. The van der Waals surface area contributed by atoms with Gasteiger partial charge in [-0.1, -0.05) is 54.8 Å². The van der Waals surface area contributed by atoms with Gasteiger partial charge in [0.1, 0.15) is 11.6 Å². The predicted octanol–water partition coefficient (Wildman–Crippen LogP) is 5.16. The maximum atomic E-state index is 13.3. The molecule has 3 aromatic rings. The summed E-state index contributed by atoms with van der Waals surface area (Å²) in [4.78, 5) is 34.0. The van der Waals surface area contributed by atoms with E-state index in [1.54, 1.807) is 12.1 Å². The first-order valence-corrected chi connectivity index (χ1v) is 14.0. The number of rotatable bonds is 12. The van der Waals surface area contributed by atoms with E-state index in [1.807, 2.05) is 37.3 Å². The Morgan fingerprint density at radius 1 is 0.872 bits per heavy atom. The molecule has 1 aromatic heterocycles. The van der Waals surface area contributed by atoms with Crippen LogP contribution in [-0.2, 0) is 9.59 Å². The highest BCUT2D eigenvalue weighted by molar-refractivity contribution is 6.30. The molecule has 1 atom stereocenters. The first-order valence-electron chi connectivity index (χ1n) is 13.6. The fourth-order valence-electron chi connectivity index (χ4n) is 5.07. The van der Waals surface area contributed by atoms with E-state index in [2.05, 4.69) is 33.4 Å². The van der Waals surface area contributed by atoms with Crippen LogP contribution in [0.2, 0.25) is 5.02 Å². The summed E-state index contributed by atoms with van der Waals surface area (Å²) in [6, 6.07) is 17.5. The van der Waals surface area contributed by atoms with Crippen molar-refractivity contribution in [2.45, 2.75) is 45.4 Å². The molecule has 1 unspecified atom stereocenters. The van der Waals surface area contributed by atoms with Crippen LogP contribution in [0.1, 0.15) is 49.7 Å². The summed E-state index contributed by atoms with van der Waals surface area (Å²) in [5.74, 6) is 2.18. The van der Waals surface area contributed by atoms with Gasteiger partial charge in [-0.25, -0.2) is 9.97 Å². The average Bonchev–Trinajstić information content (AvgIpc) is 3.46. The molecular weight excluding hydrogens is 512 g/mol. The largest absolute Gasteiger partial charge is 0.368 e. The molecule has 0 bridgehead atoms. The van der Waals surface area contributed by atoms with Crippen LogP contribution < -0.4 is 21.3 Å². The smallest absolute Gasteiger partial charge is 0.227 e. The van der Waals surface area contributed by atoms with Crippen LogP contribution in [0.5, 0.6) is 0 Å². The Labute approximate surface area is 235 Å². The minimum absolute atomic E-state index is 0.0788. The molecule has 1 fully saturated rings. The molecule has 0 radical (unpaired) electrons. The van der Waals surface area contributed by atoms with Crippen molar-refractivity contribution in [3.63, 3.8) is 0 Å². The third-order valence-corrected chi connectivity index (χ3v) is 7.32. The van der Waals surface area contributed by atoms with Gasteiger partial charge >= 0.3 is 0 Å². The number of carbonyl (C=O) groups is 2. The molecule has 0 spiro atoms. The minimum atomic E-state index is -0.120. The molecule has 8 nitrogen and oxygen atoms in total. The fourth-order valence-corrected chi connectivity index (χ4v) is 5.20. The Kier molecular flexibility index (Phi) is 10.1. The molecule has 9 heteroatoms. The van der Waals surface area contributed by atoms with E-state index in [-0.39, 0.29) is 17.7 Å². The summed E-state index contributed by atoms with van der Waals surface area (Å²) in [5.41, 5.74) is 2.78. The number of anilines is 2. The van der Waals surface area contributed by atoms with Crippen LogP contribution in [-0.4, -0.2) is 48.0 Å². The van der Waals surface area contributed by atoms with Gasteiger partial charge in [-0.2, -0.15) is 0 Å². The van der Waals surface area contributed by atoms with Crippen LogP contribution in [0.25, 0.3) is 11.4 Å². The first kappa shape index (κ1) is 28.4. The van der Waals surface area contributed by atoms with E-state index in [4.69, 9.17) is 21.6 Å². The maximum Gasteiger partial charge on any atom is 0.227 e. The molecular formula is C30H37ClN6O2. The summed E-state index contributed by atoms with van der Waals surface area (Å²) >= 11 is 6.08. The molecule has 2 aromatic carbocycles. The van der Waals surface area contributed by atoms with Gasteiger partial charge in [-0.15, -0.1) is 0 Å². The summed E-state index contributed by atoms with van der Waals surface area (Å²) in [7, 11) is 0. The Balaban J connectivity index is 1.43. The van der Waals surface area contributed by atoms with Crippen LogP contribution in [0.3, 0.4) is 0 Å². The lowest BCUT2D eigenvalue weighted by Gasteiger charge is -2.23. The highest BCUT2D eigenvalue weighted by Crippen LogP contribution is 2.37. The Bertz CT molecular complexity index is 1250. The number of halogens is 1. The lowest BCUT2D eigenvalue weighted by atomic mass is 9.84. The van der Waals surface area contributed by atoms with Gasteiger partial charge in [0.15, 0.2) is 5.82 Å². The van der Waals surface area contributed by atoms with Gasteiger partial charge in [0.25, 0.3) is 0 Å². The van der Waals surface area contributed by atoms with Gasteiger partial charge in [0.05, 0.1) is 5.92 Å². The second-order valence-corrected chi connectivity index (χ2v) is 10.4. The number of nitrogens with one attached hydrogen (secondary N) is 4. The van der Waals surface area contributed by atoms with E-state index in [1.165, 1.54) is 19.8 Å². The van der Waals surface area contributed by atoms with E-state index in [0.29, 0.717) is 54.6 Å². The molecule has 2 amide bonds. The Hall–Kier alpha value is -3.65. The van der Waals surface area contributed by atoms with Crippen LogP contribution in [0.4, 0.5) is 11.6 Å². The predicted molar refractivity (Wildman–Crippen MR) is 157 cm³/mol. The molecule has 4 rings (SSSR count). The van der Waals surface area contributed by atoms with Crippen LogP contribution in [0, 0.1) is 12.8 Å². The molecule has 1 aliphatic carbocycles. The number of carbonyl (C=O) groups excluding carboxylic acids is 2.